The lowest BCUT2D eigenvalue weighted by Crippen LogP contribution is -2.24. The van der Waals surface area contributed by atoms with Crippen LogP contribution in [0.15, 0.2) is 47.8 Å². The Balaban J connectivity index is 1.73. The number of carbonyl (C=O) groups is 1. The summed E-state index contributed by atoms with van der Waals surface area (Å²) < 4.78 is 15.3. The molecule has 0 aliphatic carbocycles. The molecule has 0 radical (unpaired) electrons. The maximum absolute atomic E-state index is 13.6. The van der Waals surface area contributed by atoms with E-state index in [-0.39, 0.29) is 22.5 Å². The lowest BCUT2D eigenvalue weighted by Gasteiger charge is -2.07. The van der Waals surface area contributed by atoms with Crippen molar-refractivity contribution in [2.24, 2.45) is 5.10 Å². The highest BCUT2D eigenvalue weighted by molar-refractivity contribution is 6.37. The van der Waals surface area contributed by atoms with Crippen LogP contribution >= 0.6 is 23.2 Å². The number of hydrazone groups is 1. The Hall–Kier alpha value is -2.44. The zero-order valence-corrected chi connectivity index (χ0v) is 14.6. The molecular weight excluding hydrogens is 366 g/mol. The second-order valence-corrected chi connectivity index (χ2v) is 6.15. The van der Waals surface area contributed by atoms with Gasteiger partial charge in [-0.15, -0.1) is 0 Å². The summed E-state index contributed by atoms with van der Waals surface area (Å²) in [6.07, 6.45) is 1.59. The summed E-state index contributed by atoms with van der Waals surface area (Å²) in [6.45, 7) is 1.67. The van der Waals surface area contributed by atoms with Crippen LogP contribution in [0.25, 0.3) is 11.0 Å². The predicted octanol–water partition coefficient (Wildman–Crippen LogP) is 4.02. The van der Waals surface area contributed by atoms with E-state index in [0.717, 1.165) is 11.0 Å². The van der Waals surface area contributed by atoms with Gasteiger partial charge in [0.15, 0.2) is 0 Å². The van der Waals surface area contributed by atoms with E-state index in [4.69, 9.17) is 23.2 Å². The highest BCUT2D eigenvalue weighted by Crippen LogP contribution is 2.24. The van der Waals surface area contributed by atoms with Gasteiger partial charge in [0.25, 0.3) is 5.91 Å². The molecular formula is C17H13Cl2FN4O. The number of amides is 1. The molecule has 0 fully saturated rings. The van der Waals surface area contributed by atoms with Crippen molar-refractivity contribution in [2.75, 3.05) is 0 Å². The summed E-state index contributed by atoms with van der Waals surface area (Å²) in [5.74, 6) is -0.945. The number of hydrogen-bond acceptors (Lipinski definition) is 3. The molecule has 0 unspecified atom stereocenters. The van der Waals surface area contributed by atoms with Crippen molar-refractivity contribution in [3.05, 3.63) is 64.2 Å². The summed E-state index contributed by atoms with van der Waals surface area (Å²) in [7, 11) is 0. The minimum atomic E-state index is -0.605. The molecule has 0 saturated heterocycles. The van der Waals surface area contributed by atoms with Crippen molar-refractivity contribution in [3.63, 3.8) is 0 Å². The van der Waals surface area contributed by atoms with Crippen molar-refractivity contribution in [1.29, 1.82) is 0 Å². The summed E-state index contributed by atoms with van der Waals surface area (Å²) in [6, 6.07) is 9.97. The van der Waals surface area contributed by atoms with Gasteiger partial charge in [0.1, 0.15) is 12.4 Å². The van der Waals surface area contributed by atoms with Crippen LogP contribution in [0.4, 0.5) is 4.39 Å². The van der Waals surface area contributed by atoms with Crippen LogP contribution in [0.3, 0.4) is 0 Å². The highest BCUT2D eigenvalue weighted by atomic mass is 35.5. The third-order valence-electron chi connectivity index (χ3n) is 3.59. The van der Waals surface area contributed by atoms with Gasteiger partial charge in [-0.05, 0) is 31.2 Å². The van der Waals surface area contributed by atoms with E-state index in [1.165, 1.54) is 12.1 Å². The molecule has 0 atom stereocenters. The van der Waals surface area contributed by atoms with Gasteiger partial charge < -0.3 is 4.57 Å². The van der Waals surface area contributed by atoms with Gasteiger partial charge in [0.05, 0.1) is 33.1 Å². The molecule has 2 aromatic carbocycles. The van der Waals surface area contributed by atoms with Crippen molar-refractivity contribution < 1.29 is 9.18 Å². The zero-order chi connectivity index (χ0) is 18.0. The van der Waals surface area contributed by atoms with Crippen LogP contribution < -0.4 is 5.43 Å². The van der Waals surface area contributed by atoms with Gasteiger partial charge in [-0.25, -0.2) is 14.8 Å². The van der Waals surface area contributed by atoms with E-state index in [1.54, 1.807) is 17.8 Å². The Morgan fingerprint density at radius 1 is 1.28 bits per heavy atom. The minimum absolute atomic E-state index is 0.0556. The monoisotopic (exact) mass is 378 g/mol. The maximum Gasteiger partial charge on any atom is 0.260 e. The van der Waals surface area contributed by atoms with Crippen LogP contribution in [-0.2, 0) is 11.3 Å². The lowest BCUT2D eigenvalue weighted by atomic mass is 10.1. The number of nitrogens with zero attached hydrogens (tertiary/aromatic N) is 3. The van der Waals surface area contributed by atoms with Crippen molar-refractivity contribution in [3.8, 4) is 0 Å². The molecule has 128 valence electrons. The minimum Gasteiger partial charge on any atom is -0.321 e. The fourth-order valence-electron chi connectivity index (χ4n) is 2.33. The topological polar surface area (TPSA) is 59.3 Å². The molecule has 8 heteroatoms. The highest BCUT2D eigenvalue weighted by Gasteiger charge is 2.11. The molecule has 0 aliphatic rings. The van der Waals surface area contributed by atoms with E-state index in [1.807, 2.05) is 24.3 Å². The Morgan fingerprint density at radius 2 is 2.04 bits per heavy atom. The Morgan fingerprint density at radius 3 is 2.84 bits per heavy atom. The van der Waals surface area contributed by atoms with Gasteiger partial charge in [0, 0.05) is 5.56 Å². The first kappa shape index (κ1) is 17.4. The van der Waals surface area contributed by atoms with E-state index < -0.39 is 5.82 Å². The molecule has 3 rings (SSSR count). The smallest absolute Gasteiger partial charge is 0.260 e. The van der Waals surface area contributed by atoms with Crippen LogP contribution in [0.5, 0.6) is 0 Å². The summed E-state index contributed by atoms with van der Waals surface area (Å²) in [5.41, 5.74) is 4.81. The molecule has 25 heavy (non-hydrogen) atoms. The van der Waals surface area contributed by atoms with Gasteiger partial charge in [-0.1, -0.05) is 35.3 Å². The first-order valence-electron chi connectivity index (χ1n) is 7.33. The molecule has 1 N–H and O–H groups in total. The lowest BCUT2D eigenvalue weighted by molar-refractivity contribution is -0.121. The molecule has 0 spiro atoms. The molecule has 0 bridgehead atoms. The molecule has 1 aromatic heterocycles. The van der Waals surface area contributed by atoms with E-state index >= 15 is 0 Å². The summed E-state index contributed by atoms with van der Waals surface area (Å²) in [5, 5.41) is 4.16. The molecule has 5 nitrogen and oxygen atoms in total. The second-order valence-electron chi connectivity index (χ2n) is 5.34. The number of rotatable bonds is 4. The molecule has 1 amide bonds. The SMILES string of the molecule is C/C(=N/NC(=O)Cn1cnc2ccccc21)c1cc(F)c(Cl)cc1Cl. The van der Waals surface area contributed by atoms with Crippen molar-refractivity contribution in [1.82, 2.24) is 15.0 Å². The Bertz CT molecular complexity index is 984. The van der Waals surface area contributed by atoms with Gasteiger partial charge >= 0.3 is 0 Å². The number of para-hydroxylation sites is 2. The number of hydrogen-bond donors (Lipinski definition) is 1. The van der Waals surface area contributed by atoms with Gasteiger partial charge in [-0.2, -0.15) is 5.10 Å². The first-order valence-corrected chi connectivity index (χ1v) is 8.09. The number of halogens is 3. The van der Waals surface area contributed by atoms with Crippen LogP contribution in [0.2, 0.25) is 10.0 Å². The zero-order valence-electron chi connectivity index (χ0n) is 13.1. The number of aromatic nitrogens is 2. The fourth-order valence-corrected chi connectivity index (χ4v) is 2.85. The maximum atomic E-state index is 13.6. The second kappa shape index (κ2) is 7.21. The Labute approximate surface area is 153 Å². The number of benzene rings is 2. The van der Waals surface area contributed by atoms with Gasteiger partial charge in [-0.3, -0.25) is 4.79 Å². The van der Waals surface area contributed by atoms with Crippen LogP contribution in [-0.4, -0.2) is 21.2 Å². The van der Waals surface area contributed by atoms with Crippen molar-refractivity contribution in [2.45, 2.75) is 13.5 Å². The van der Waals surface area contributed by atoms with Crippen molar-refractivity contribution >= 4 is 45.9 Å². The average molecular weight is 379 g/mol. The number of carbonyl (C=O) groups excluding carboxylic acids is 1. The number of fused-ring (bicyclic) bond motifs is 1. The normalized spacial score (nSPS) is 11.8. The largest absolute Gasteiger partial charge is 0.321 e. The summed E-state index contributed by atoms with van der Waals surface area (Å²) in [4.78, 5) is 16.3. The third kappa shape index (κ3) is 3.81. The molecule has 3 aromatic rings. The molecule has 1 heterocycles. The standard InChI is InChI=1S/C17H13Cl2FN4O/c1-10(11-6-14(20)13(19)7-12(11)18)22-23-17(25)8-24-9-21-15-4-2-3-5-16(15)24/h2-7,9H,8H2,1H3,(H,23,25)/b22-10-. The van der Waals surface area contributed by atoms with Crippen LogP contribution in [0, 0.1) is 5.82 Å². The molecule has 0 saturated carbocycles. The van der Waals surface area contributed by atoms with E-state index in [0.29, 0.717) is 11.3 Å². The number of imidazole rings is 1. The third-order valence-corrected chi connectivity index (χ3v) is 4.19. The van der Waals surface area contributed by atoms with E-state index in [2.05, 4.69) is 15.5 Å². The summed E-state index contributed by atoms with van der Waals surface area (Å²) >= 11 is 11.7. The fraction of sp³-hybridized carbons (Fsp3) is 0.118. The average Bonchev–Trinajstić information content (AvgIpc) is 2.99. The van der Waals surface area contributed by atoms with E-state index in [9.17, 15) is 9.18 Å². The predicted molar refractivity (Wildman–Crippen MR) is 96.5 cm³/mol. The quantitative estimate of drug-likeness (QED) is 0.423. The molecule has 0 aliphatic heterocycles. The number of nitrogens with one attached hydrogen (secondary N) is 1. The Kier molecular flexibility index (Phi) is 5.01. The first-order chi connectivity index (χ1) is 12.0. The van der Waals surface area contributed by atoms with Crippen LogP contribution in [0.1, 0.15) is 12.5 Å². The van der Waals surface area contributed by atoms with Gasteiger partial charge in [0.2, 0.25) is 0 Å².